The van der Waals surface area contributed by atoms with Crippen LogP contribution < -0.4 is 5.32 Å². The van der Waals surface area contributed by atoms with E-state index in [2.05, 4.69) is 5.32 Å². The number of hydrogen-bond donors (Lipinski definition) is 1. The number of halogens is 1. The van der Waals surface area contributed by atoms with Crippen LogP contribution >= 0.6 is 0 Å². The smallest absolute Gasteiger partial charge is 0.247 e. The van der Waals surface area contributed by atoms with Crippen LogP contribution in [0.2, 0.25) is 0 Å². The van der Waals surface area contributed by atoms with E-state index in [4.69, 9.17) is 4.74 Å². The van der Waals surface area contributed by atoms with Crippen molar-refractivity contribution < 1.29 is 27.1 Å². The Hall–Kier alpha value is -3.60. The van der Waals surface area contributed by atoms with E-state index < -0.39 is 40.2 Å². The molecule has 1 aliphatic heterocycles. The number of sulfonamides is 1. The molecule has 0 bridgehead atoms. The van der Waals surface area contributed by atoms with Crippen LogP contribution in [0.25, 0.3) is 0 Å². The van der Waals surface area contributed by atoms with Crippen LogP contribution in [0, 0.1) is 5.82 Å². The number of nitrogens with one attached hydrogen (secondary N) is 1. The molecule has 10 heteroatoms. The van der Waals surface area contributed by atoms with Gasteiger partial charge in [-0.3, -0.25) is 9.59 Å². The van der Waals surface area contributed by atoms with Crippen molar-refractivity contribution in [2.24, 2.45) is 0 Å². The van der Waals surface area contributed by atoms with Gasteiger partial charge in [0.15, 0.2) is 0 Å². The second-order valence-corrected chi connectivity index (χ2v) is 11.8. The van der Waals surface area contributed by atoms with Gasteiger partial charge in [-0.05, 0) is 41.7 Å². The van der Waals surface area contributed by atoms with Gasteiger partial charge in [0, 0.05) is 26.2 Å². The lowest BCUT2D eigenvalue weighted by atomic mass is 10.0. The lowest BCUT2D eigenvalue weighted by Gasteiger charge is -2.33. The molecule has 0 radical (unpaired) electrons. The Bertz CT molecular complexity index is 1370. The Morgan fingerprint density at radius 3 is 2.17 bits per heavy atom. The second kappa shape index (κ2) is 13.6. The first kappa shape index (κ1) is 29.4. The third-order valence-electron chi connectivity index (χ3n) is 6.77. The van der Waals surface area contributed by atoms with Crippen molar-refractivity contribution in [3.8, 4) is 0 Å². The molecule has 1 saturated heterocycles. The largest absolute Gasteiger partial charge is 0.376 e. The van der Waals surface area contributed by atoms with Crippen molar-refractivity contribution in [2.75, 3.05) is 26.0 Å². The monoisotopic (exact) mass is 567 g/mol. The maximum Gasteiger partial charge on any atom is 0.247 e. The summed E-state index contributed by atoms with van der Waals surface area (Å²) in [5.41, 5.74) is 1.88. The third-order valence-corrected chi connectivity index (χ3v) is 7.97. The fraction of sp³-hybridized carbons (Fsp3) is 0.333. The lowest BCUT2D eigenvalue weighted by molar-refractivity contribution is -0.142. The summed E-state index contributed by atoms with van der Waals surface area (Å²) in [5, 5.41) is 2.93. The molecule has 0 unspecified atom stereocenters. The van der Waals surface area contributed by atoms with E-state index in [0.717, 1.165) is 29.0 Å². The molecule has 0 aromatic heterocycles. The van der Waals surface area contributed by atoms with Crippen LogP contribution in [0.4, 0.5) is 4.39 Å². The van der Waals surface area contributed by atoms with Crippen LogP contribution in [0.15, 0.2) is 84.9 Å². The minimum absolute atomic E-state index is 0.00296. The molecule has 0 aliphatic carbocycles. The minimum atomic E-state index is -3.78. The van der Waals surface area contributed by atoms with E-state index in [-0.39, 0.29) is 19.2 Å². The van der Waals surface area contributed by atoms with Gasteiger partial charge in [-0.15, -0.1) is 0 Å². The van der Waals surface area contributed by atoms with Crippen LogP contribution in [-0.4, -0.2) is 61.5 Å². The van der Waals surface area contributed by atoms with E-state index in [1.807, 2.05) is 12.1 Å². The zero-order valence-electron chi connectivity index (χ0n) is 22.4. The molecular formula is C30H34FN3O5S. The number of amides is 2. The summed E-state index contributed by atoms with van der Waals surface area (Å²) in [6.45, 7) is 0.425. The number of ether oxygens (including phenoxy) is 1. The molecule has 3 aromatic carbocycles. The average molecular weight is 568 g/mol. The summed E-state index contributed by atoms with van der Waals surface area (Å²) in [5.74, 6) is -1.40. The third kappa shape index (κ3) is 8.20. The highest BCUT2D eigenvalue weighted by atomic mass is 32.2. The fourth-order valence-electron chi connectivity index (χ4n) is 4.65. The highest BCUT2D eigenvalue weighted by Gasteiger charge is 2.34. The molecule has 0 saturated carbocycles. The first-order chi connectivity index (χ1) is 19.2. The fourth-order valence-corrected chi connectivity index (χ4v) is 5.38. The van der Waals surface area contributed by atoms with Gasteiger partial charge in [0.05, 0.1) is 18.9 Å². The molecule has 2 amide bonds. The Balaban J connectivity index is 1.67. The normalized spacial score (nSPS) is 16.0. The van der Waals surface area contributed by atoms with Gasteiger partial charge < -0.3 is 15.0 Å². The van der Waals surface area contributed by atoms with Gasteiger partial charge >= 0.3 is 0 Å². The number of hydrogen-bond acceptors (Lipinski definition) is 5. The van der Waals surface area contributed by atoms with Gasteiger partial charge in [-0.2, -0.15) is 4.31 Å². The number of nitrogens with zero attached hydrogens (tertiary/aromatic N) is 2. The summed E-state index contributed by atoms with van der Waals surface area (Å²) >= 11 is 0. The van der Waals surface area contributed by atoms with Gasteiger partial charge in [-0.25, -0.2) is 12.8 Å². The molecule has 212 valence electrons. The average Bonchev–Trinajstić information content (AvgIpc) is 3.47. The van der Waals surface area contributed by atoms with Gasteiger partial charge in [0.1, 0.15) is 11.9 Å². The number of carbonyl (C=O) groups excluding carboxylic acids is 2. The summed E-state index contributed by atoms with van der Waals surface area (Å²) < 4.78 is 45.9. The number of carbonyl (C=O) groups is 2. The molecule has 1 fully saturated rings. The summed E-state index contributed by atoms with van der Waals surface area (Å²) in [6, 6.07) is 22.4. The van der Waals surface area contributed by atoms with E-state index in [0.29, 0.717) is 24.3 Å². The first-order valence-electron chi connectivity index (χ1n) is 13.2. The van der Waals surface area contributed by atoms with Gasteiger partial charge in [-0.1, -0.05) is 72.8 Å². The molecule has 4 rings (SSSR count). The highest BCUT2D eigenvalue weighted by Crippen LogP contribution is 2.25. The van der Waals surface area contributed by atoms with Crippen molar-refractivity contribution >= 4 is 21.8 Å². The zero-order valence-corrected chi connectivity index (χ0v) is 23.2. The summed E-state index contributed by atoms with van der Waals surface area (Å²) in [4.78, 5) is 29.1. The number of benzene rings is 3. The van der Waals surface area contributed by atoms with Crippen LogP contribution in [0.3, 0.4) is 0 Å². The highest BCUT2D eigenvalue weighted by molar-refractivity contribution is 7.88. The van der Waals surface area contributed by atoms with Crippen LogP contribution in [0.1, 0.15) is 35.6 Å². The quantitative estimate of drug-likeness (QED) is 0.361. The van der Waals surface area contributed by atoms with Gasteiger partial charge in [0.2, 0.25) is 21.8 Å². The van der Waals surface area contributed by atoms with Gasteiger partial charge in [0.25, 0.3) is 0 Å². The molecule has 2 atom stereocenters. The maximum absolute atomic E-state index is 14.0. The van der Waals surface area contributed by atoms with Crippen molar-refractivity contribution in [1.82, 2.24) is 14.5 Å². The van der Waals surface area contributed by atoms with E-state index in [1.54, 1.807) is 60.7 Å². The molecule has 3 aromatic rings. The second-order valence-electron chi connectivity index (χ2n) is 9.86. The lowest BCUT2D eigenvalue weighted by Crippen LogP contribution is -2.48. The Morgan fingerprint density at radius 1 is 0.950 bits per heavy atom. The molecule has 0 spiro atoms. The topological polar surface area (TPSA) is 96.0 Å². The van der Waals surface area contributed by atoms with Crippen LogP contribution in [0.5, 0.6) is 0 Å². The number of rotatable bonds is 12. The Kier molecular flexibility index (Phi) is 10.0. The van der Waals surface area contributed by atoms with E-state index >= 15 is 0 Å². The summed E-state index contributed by atoms with van der Waals surface area (Å²) in [7, 11) is -3.78. The van der Waals surface area contributed by atoms with Crippen molar-refractivity contribution in [3.63, 3.8) is 0 Å². The minimum Gasteiger partial charge on any atom is -0.376 e. The zero-order chi connectivity index (χ0) is 28.5. The molecule has 1 aliphatic rings. The maximum atomic E-state index is 14.0. The van der Waals surface area contributed by atoms with Crippen molar-refractivity contribution in [2.45, 2.75) is 38.1 Å². The Labute approximate surface area is 234 Å². The predicted molar refractivity (Wildman–Crippen MR) is 150 cm³/mol. The first-order valence-corrected chi connectivity index (χ1v) is 15.0. The van der Waals surface area contributed by atoms with Crippen LogP contribution in [-0.2, 0) is 37.4 Å². The molecular weight excluding hydrogens is 533 g/mol. The molecule has 1 N–H and O–H groups in total. The van der Waals surface area contributed by atoms with Crippen molar-refractivity contribution in [3.05, 3.63) is 107 Å². The van der Waals surface area contributed by atoms with Crippen molar-refractivity contribution in [1.29, 1.82) is 0 Å². The van der Waals surface area contributed by atoms with E-state index in [9.17, 15) is 22.4 Å². The predicted octanol–water partition coefficient (Wildman–Crippen LogP) is 3.65. The molecule has 40 heavy (non-hydrogen) atoms. The summed E-state index contributed by atoms with van der Waals surface area (Å²) in [6.07, 6.45) is 2.70. The standard InChI is InChI=1S/C30H34FN3O5S/c1-40(37,38)33(20-23-9-4-2-5-10-23)22-28(35)34(21-24-14-16-26(31)17-15-24)29(25-11-6-3-7-12-25)30(36)32-19-27-13-8-18-39-27/h2-7,9-12,14-17,27,29H,8,13,18-22H2,1H3,(H,32,36)/t27-,29-/m1/s1. The van der Waals surface area contributed by atoms with E-state index in [1.165, 1.54) is 17.0 Å². The molecule has 8 nitrogen and oxygen atoms in total. The SMILES string of the molecule is CS(=O)(=O)N(CC(=O)N(Cc1ccc(F)cc1)[C@@H](C(=O)NC[C@H]1CCCO1)c1ccccc1)Cc1ccccc1. The Morgan fingerprint density at radius 2 is 1.57 bits per heavy atom. The molecule has 1 heterocycles.